The molecule has 1 aliphatic heterocycles. The van der Waals surface area contributed by atoms with E-state index in [2.05, 4.69) is 52.0 Å². The van der Waals surface area contributed by atoms with Crippen LogP contribution in [0.2, 0.25) is 0 Å². The Bertz CT molecular complexity index is 625. The Kier molecular flexibility index (Phi) is 4.57. The van der Waals surface area contributed by atoms with Gasteiger partial charge in [0.05, 0.1) is 5.41 Å². The number of amides is 1. The van der Waals surface area contributed by atoms with Crippen molar-refractivity contribution in [3.05, 3.63) is 53.0 Å². The van der Waals surface area contributed by atoms with Crippen molar-refractivity contribution in [2.75, 3.05) is 6.26 Å². The molecule has 118 valence electrons. The van der Waals surface area contributed by atoms with Crippen LogP contribution in [0, 0.1) is 5.41 Å². The second-order valence-corrected chi connectivity index (χ2v) is 8.00. The van der Waals surface area contributed by atoms with Gasteiger partial charge in [-0.05, 0) is 57.4 Å². The maximum Gasteiger partial charge on any atom is 0.241 e. The highest BCUT2D eigenvalue weighted by Gasteiger charge is 2.45. The minimum atomic E-state index is -0.578. The largest absolute Gasteiger partial charge is 0.306 e. The fourth-order valence-electron chi connectivity index (χ4n) is 2.83. The van der Waals surface area contributed by atoms with E-state index >= 15 is 0 Å². The quantitative estimate of drug-likeness (QED) is 0.787. The number of allylic oxidation sites excluding steroid dienone is 1. The van der Waals surface area contributed by atoms with Crippen LogP contribution in [0.15, 0.2) is 47.4 Å². The molecule has 1 aliphatic rings. The van der Waals surface area contributed by atoms with E-state index in [9.17, 15) is 4.79 Å². The zero-order valence-corrected chi connectivity index (χ0v) is 15.1. The van der Waals surface area contributed by atoms with Gasteiger partial charge in [-0.15, -0.1) is 11.8 Å². The summed E-state index contributed by atoms with van der Waals surface area (Å²) in [6.07, 6.45) is 6.22. The minimum Gasteiger partial charge on any atom is -0.306 e. The van der Waals surface area contributed by atoms with E-state index in [1.165, 1.54) is 0 Å². The third-order valence-electron chi connectivity index (χ3n) is 3.91. The van der Waals surface area contributed by atoms with Gasteiger partial charge < -0.3 is 4.90 Å². The Morgan fingerprint density at radius 1 is 1.23 bits per heavy atom. The van der Waals surface area contributed by atoms with Crippen molar-refractivity contribution >= 4 is 23.4 Å². The van der Waals surface area contributed by atoms with Crippen molar-refractivity contribution in [1.29, 1.82) is 0 Å². The van der Waals surface area contributed by atoms with Gasteiger partial charge in [0.2, 0.25) is 5.91 Å². The molecule has 1 aromatic carbocycles. The third-order valence-corrected chi connectivity index (χ3v) is 4.67. The molecule has 2 rings (SSSR count). The van der Waals surface area contributed by atoms with Crippen LogP contribution >= 0.6 is 11.8 Å². The summed E-state index contributed by atoms with van der Waals surface area (Å²) in [7, 11) is 0. The first kappa shape index (κ1) is 16.9. The summed E-state index contributed by atoms with van der Waals surface area (Å²) < 4.78 is 0. The second-order valence-electron chi connectivity index (χ2n) is 6.95. The fourth-order valence-corrected chi connectivity index (χ4v) is 3.20. The number of rotatable bonds is 3. The molecule has 0 saturated heterocycles. The molecule has 0 radical (unpaired) electrons. The molecule has 1 atom stereocenters. The molecule has 1 heterocycles. The monoisotopic (exact) mass is 315 g/mol. The average Bonchev–Trinajstić information content (AvgIpc) is 2.71. The van der Waals surface area contributed by atoms with Crippen LogP contribution in [-0.2, 0) is 4.79 Å². The van der Waals surface area contributed by atoms with Crippen LogP contribution in [0.25, 0.3) is 5.70 Å². The van der Waals surface area contributed by atoms with E-state index < -0.39 is 5.41 Å². The van der Waals surface area contributed by atoms with E-state index in [0.717, 1.165) is 16.2 Å². The summed E-state index contributed by atoms with van der Waals surface area (Å²) in [4.78, 5) is 16.2. The van der Waals surface area contributed by atoms with Crippen LogP contribution in [0.5, 0.6) is 0 Å². The maximum absolute atomic E-state index is 13.1. The summed E-state index contributed by atoms with van der Waals surface area (Å²) in [5.74, 6) is 0.146. The number of thioether (sulfide) groups is 1. The summed E-state index contributed by atoms with van der Waals surface area (Å²) in [6.45, 7) is 10.3. The molecule has 1 aromatic rings. The Labute approximate surface area is 138 Å². The highest BCUT2D eigenvalue weighted by atomic mass is 32.2. The van der Waals surface area contributed by atoms with Gasteiger partial charge in [-0.2, -0.15) is 0 Å². The number of hydrogen-bond donors (Lipinski definition) is 0. The van der Waals surface area contributed by atoms with Gasteiger partial charge in [0.25, 0.3) is 0 Å². The zero-order chi connectivity index (χ0) is 16.5. The molecule has 0 bridgehead atoms. The topological polar surface area (TPSA) is 20.3 Å². The predicted molar refractivity (Wildman–Crippen MR) is 96.4 cm³/mol. The lowest BCUT2D eigenvalue weighted by atomic mass is 9.89. The fraction of sp³-hybridized carbons (Fsp3) is 0.421. The van der Waals surface area contributed by atoms with Gasteiger partial charge in [-0.3, -0.25) is 4.79 Å². The second kappa shape index (κ2) is 5.96. The standard InChI is InChI=1S/C19H25NOS/c1-14(22-6)12-19(5)13-16(15-10-8-7-9-11-15)20(17(19)21)18(2,3)4/h7-13H,1-6H3/b14-12-. The number of nitrogens with zero attached hydrogens (tertiary/aromatic N) is 1. The molecule has 1 amide bonds. The van der Waals surface area contributed by atoms with Crippen molar-refractivity contribution < 1.29 is 4.79 Å². The average molecular weight is 315 g/mol. The number of carbonyl (C=O) groups excluding carboxylic acids is 1. The first-order valence-electron chi connectivity index (χ1n) is 7.55. The molecule has 0 aromatic heterocycles. The van der Waals surface area contributed by atoms with Crippen molar-refractivity contribution in [3.8, 4) is 0 Å². The Balaban J connectivity index is 2.58. The molecular weight excluding hydrogens is 290 g/mol. The highest BCUT2D eigenvalue weighted by Crippen LogP contribution is 2.43. The van der Waals surface area contributed by atoms with Gasteiger partial charge in [0, 0.05) is 11.2 Å². The van der Waals surface area contributed by atoms with Crippen molar-refractivity contribution in [2.24, 2.45) is 5.41 Å². The Hall–Kier alpha value is -1.48. The van der Waals surface area contributed by atoms with Crippen molar-refractivity contribution in [2.45, 2.75) is 40.2 Å². The van der Waals surface area contributed by atoms with Crippen LogP contribution in [0.4, 0.5) is 0 Å². The number of carbonyl (C=O) groups is 1. The normalized spacial score (nSPS) is 23.0. The predicted octanol–water partition coefficient (Wildman–Crippen LogP) is 4.94. The molecule has 3 heteroatoms. The summed E-state index contributed by atoms with van der Waals surface area (Å²) in [5, 5.41) is 0. The minimum absolute atomic E-state index is 0.146. The van der Waals surface area contributed by atoms with Crippen LogP contribution in [-0.4, -0.2) is 22.6 Å². The number of hydrogen-bond acceptors (Lipinski definition) is 2. The molecule has 0 spiro atoms. The molecular formula is C19H25NOS. The summed E-state index contributed by atoms with van der Waals surface area (Å²) in [6, 6.07) is 10.2. The molecule has 0 N–H and O–H groups in total. The SMILES string of the molecule is CS/C(C)=C\C1(C)C=C(c2ccccc2)N(C(C)(C)C)C1=O. The number of benzene rings is 1. The van der Waals surface area contributed by atoms with Gasteiger partial charge in [0.1, 0.15) is 0 Å². The smallest absolute Gasteiger partial charge is 0.241 e. The van der Waals surface area contributed by atoms with Gasteiger partial charge >= 0.3 is 0 Å². The van der Waals surface area contributed by atoms with E-state index in [4.69, 9.17) is 0 Å². The van der Waals surface area contributed by atoms with Crippen molar-refractivity contribution in [3.63, 3.8) is 0 Å². The maximum atomic E-state index is 13.1. The summed E-state index contributed by atoms with van der Waals surface area (Å²) >= 11 is 1.68. The van der Waals surface area contributed by atoms with E-state index in [0.29, 0.717) is 0 Å². The molecule has 0 aliphatic carbocycles. The molecule has 22 heavy (non-hydrogen) atoms. The molecule has 1 unspecified atom stereocenters. The van der Waals surface area contributed by atoms with Gasteiger partial charge in [-0.1, -0.05) is 36.4 Å². The van der Waals surface area contributed by atoms with E-state index in [1.54, 1.807) is 11.8 Å². The van der Waals surface area contributed by atoms with Crippen LogP contribution < -0.4 is 0 Å². The van der Waals surface area contributed by atoms with Gasteiger partial charge in [-0.25, -0.2) is 0 Å². The lowest BCUT2D eigenvalue weighted by Gasteiger charge is -2.36. The zero-order valence-electron chi connectivity index (χ0n) is 14.3. The third kappa shape index (κ3) is 3.14. The van der Waals surface area contributed by atoms with Crippen molar-refractivity contribution in [1.82, 2.24) is 4.90 Å². The Morgan fingerprint density at radius 3 is 2.32 bits per heavy atom. The molecule has 2 nitrogen and oxygen atoms in total. The van der Waals surface area contributed by atoms with Crippen LogP contribution in [0.1, 0.15) is 40.2 Å². The van der Waals surface area contributed by atoms with Crippen LogP contribution in [0.3, 0.4) is 0 Å². The van der Waals surface area contributed by atoms with Gasteiger partial charge in [0.15, 0.2) is 0 Å². The Morgan fingerprint density at radius 2 is 1.82 bits per heavy atom. The molecule has 0 fully saturated rings. The summed E-state index contributed by atoms with van der Waals surface area (Å²) in [5.41, 5.74) is 1.26. The highest BCUT2D eigenvalue weighted by molar-refractivity contribution is 8.02. The lowest BCUT2D eigenvalue weighted by Crippen LogP contribution is -2.45. The van der Waals surface area contributed by atoms with E-state index in [1.807, 2.05) is 36.3 Å². The van der Waals surface area contributed by atoms with E-state index in [-0.39, 0.29) is 11.4 Å². The lowest BCUT2D eigenvalue weighted by molar-refractivity contribution is -0.135. The first-order chi connectivity index (χ1) is 10.2. The first-order valence-corrected chi connectivity index (χ1v) is 8.78. The molecule has 0 saturated carbocycles.